The average molecular weight is 498 g/mol. The number of aryl methyl sites for hydroxylation is 1. The van der Waals surface area contributed by atoms with Gasteiger partial charge in [-0.25, -0.2) is 0 Å². The van der Waals surface area contributed by atoms with E-state index >= 15 is 0 Å². The Balaban J connectivity index is 1.53. The van der Waals surface area contributed by atoms with Crippen molar-refractivity contribution in [1.29, 1.82) is 0 Å². The molecule has 0 bridgehead atoms. The summed E-state index contributed by atoms with van der Waals surface area (Å²) in [5, 5.41) is 3.03. The summed E-state index contributed by atoms with van der Waals surface area (Å²) >= 11 is 5.82. The quantitative estimate of drug-likeness (QED) is 0.596. The molecule has 34 heavy (non-hydrogen) atoms. The second kappa shape index (κ2) is 10.1. The van der Waals surface area contributed by atoms with Gasteiger partial charge in [-0.3, -0.25) is 29.6 Å². The Morgan fingerprint density at radius 2 is 1.88 bits per heavy atom. The van der Waals surface area contributed by atoms with Crippen LogP contribution >= 0.6 is 11.6 Å². The van der Waals surface area contributed by atoms with Crippen LogP contribution in [0.3, 0.4) is 0 Å². The summed E-state index contributed by atoms with van der Waals surface area (Å²) in [5.41, 5.74) is 2.21. The fourth-order valence-electron chi connectivity index (χ4n) is 3.22. The molecule has 1 aliphatic heterocycles. The minimum Gasteiger partial charge on any atom is -0.455 e. The highest BCUT2D eigenvalue weighted by Gasteiger charge is 2.37. The number of hydrazine groups is 1. The summed E-state index contributed by atoms with van der Waals surface area (Å²) in [4.78, 5) is 48.9. The summed E-state index contributed by atoms with van der Waals surface area (Å²) in [6.07, 6.45) is -4.87. The van der Waals surface area contributed by atoms with Gasteiger partial charge in [-0.05, 0) is 36.8 Å². The molecule has 0 aromatic heterocycles. The van der Waals surface area contributed by atoms with Gasteiger partial charge in [-0.1, -0.05) is 29.8 Å². The number of amides is 3. The van der Waals surface area contributed by atoms with Gasteiger partial charge < -0.3 is 10.1 Å². The van der Waals surface area contributed by atoms with Crippen molar-refractivity contribution in [3.63, 3.8) is 0 Å². The zero-order valence-corrected chi connectivity index (χ0v) is 18.5. The van der Waals surface area contributed by atoms with Crippen LogP contribution in [-0.2, 0) is 25.3 Å². The molecule has 1 aliphatic rings. The minimum atomic E-state index is -4.63. The van der Waals surface area contributed by atoms with Crippen molar-refractivity contribution in [3.8, 4) is 0 Å². The summed E-state index contributed by atoms with van der Waals surface area (Å²) in [6.45, 7) is 0.778. The van der Waals surface area contributed by atoms with Crippen molar-refractivity contribution in [3.05, 3.63) is 64.2 Å². The third-order valence-corrected chi connectivity index (χ3v) is 5.33. The summed E-state index contributed by atoms with van der Waals surface area (Å²) in [5.74, 6) is -3.74. The highest BCUT2D eigenvalue weighted by molar-refractivity contribution is 6.33. The van der Waals surface area contributed by atoms with E-state index in [4.69, 9.17) is 16.3 Å². The van der Waals surface area contributed by atoms with Crippen molar-refractivity contribution in [2.75, 3.05) is 18.5 Å². The van der Waals surface area contributed by atoms with Gasteiger partial charge in [0.25, 0.3) is 11.8 Å². The van der Waals surface area contributed by atoms with E-state index in [0.29, 0.717) is 17.2 Å². The Labute approximate surface area is 197 Å². The molecule has 0 saturated carbocycles. The van der Waals surface area contributed by atoms with Crippen LogP contribution in [0.2, 0.25) is 5.02 Å². The average Bonchev–Trinajstić information content (AvgIpc) is 3.13. The Morgan fingerprint density at radius 3 is 2.56 bits per heavy atom. The van der Waals surface area contributed by atoms with Gasteiger partial charge in [-0.15, -0.1) is 0 Å². The molecular weight excluding hydrogens is 479 g/mol. The van der Waals surface area contributed by atoms with Gasteiger partial charge in [-0.2, -0.15) is 13.2 Å². The lowest BCUT2D eigenvalue weighted by atomic mass is 10.1. The number of nitrogens with one attached hydrogen (secondary N) is 2. The Morgan fingerprint density at radius 1 is 1.18 bits per heavy atom. The Bertz CT molecular complexity index is 1140. The zero-order chi connectivity index (χ0) is 25.0. The van der Waals surface area contributed by atoms with E-state index in [2.05, 4.69) is 10.7 Å². The number of carbonyl (C=O) groups excluding carboxylic acids is 4. The zero-order valence-electron chi connectivity index (χ0n) is 17.7. The molecule has 0 spiro atoms. The molecule has 3 rings (SSSR count). The van der Waals surface area contributed by atoms with E-state index in [9.17, 15) is 32.3 Å². The predicted molar refractivity (Wildman–Crippen MR) is 115 cm³/mol. The number of halogens is 4. The van der Waals surface area contributed by atoms with E-state index in [0.717, 1.165) is 17.1 Å². The van der Waals surface area contributed by atoms with Crippen LogP contribution in [0.4, 0.5) is 18.9 Å². The monoisotopic (exact) mass is 497 g/mol. The van der Waals surface area contributed by atoms with Crippen molar-refractivity contribution in [2.45, 2.75) is 19.5 Å². The molecule has 2 aromatic carbocycles. The van der Waals surface area contributed by atoms with Crippen LogP contribution in [-0.4, -0.2) is 41.9 Å². The van der Waals surface area contributed by atoms with Crippen LogP contribution in [0.1, 0.15) is 27.9 Å². The standard InChI is InChI=1S/C22H19ClF3N3O5/c1-12-4-2-3-5-15(12)20(32)28-29-10-13(8-19(29)31)21(33)34-11-18(30)27-17-9-14(22(24,25)26)6-7-16(17)23/h2-7,9,13H,8,10-11H2,1H3,(H,27,30)(H,28,32)/t13-/m1/s1. The van der Waals surface area contributed by atoms with Crippen molar-refractivity contribution in [2.24, 2.45) is 5.92 Å². The van der Waals surface area contributed by atoms with Crippen LogP contribution in [0, 0.1) is 12.8 Å². The van der Waals surface area contributed by atoms with E-state index in [1.807, 2.05) is 0 Å². The molecule has 8 nitrogen and oxygen atoms in total. The Hall–Kier alpha value is -3.60. The number of carbonyl (C=O) groups is 4. The topological polar surface area (TPSA) is 105 Å². The second-order valence-electron chi connectivity index (χ2n) is 7.51. The number of hydrogen-bond donors (Lipinski definition) is 2. The highest BCUT2D eigenvalue weighted by Crippen LogP contribution is 2.33. The number of nitrogens with zero attached hydrogens (tertiary/aromatic N) is 1. The normalized spacial score (nSPS) is 15.7. The predicted octanol–water partition coefficient (Wildman–Crippen LogP) is 3.34. The van der Waals surface area contributed by atoms with Crippen LogP contribution in [0.25, 0.3) is 0 Å². The largest absolute Gasteiger partial charge is 0.455 e. The first-order chi connectivity index (χ1) is 16.0. The van der Waals surface area contributed by atoms with Gasteiger partial charge in [0.05, 0.1) is 28.7 Å². The molecule has 1 heterocycles. The van der Waals surface area contributed by atoms with Gasteiger partial charge in [0.2, 0.25) is 5.91 Å². The molecule has 1 saturated heterocycles. The summed E-state index contributed by atoms with van der Waals surface area (Å²) < 4.78 is 43.4. The number of alkyl halides is 3. The second-order valence-corrected chi connectivity index (χ2v) is 7.92. The highest BCUT2D eigenvalue weighted by atomic mass is 35.5. The van der Waals surface area contributed by atoms with Gasteiger partial charge in [0, 0.05) is 12.0 Å². The number of ether oxygens (including phenoxy) is 1. The van der Waals surface area contributed by atoms with E-state index < -0.39 is 48.0 Å². The molecule has 1 fully saturated rings. The minimum absolute atomic E-state index is 0.130. The summed E-state index contributed by atoms with van der Waals surface area (Å²) in [6, 6.07) is 9.16. The lowest BCUT2D eigenvalue weighted by molar-refractivity contribution is -0.151. The molecule has 0 radical (unpaired) electrons. The van der Waals surface area contributed by atoms with Gasteiger partial charge in [0.15, 0.2) is 6.61 Å². The van der Waals surface area contributed by atoms with Crippen molar-refractivity contribution in [1.82, 2.24) is 10.4 Å². The SMILES string of the molecule is Cc1ccccc1C(=O)NN1C[C@H](C(=O)OCC(=O)Nc2cc(C(F)(F)F)ccc2Cl)CC1=O. The molecule has 180 valence electrons. The maximum atomic E-state index is 12.8. The maximum Gasteiger partial charge on any atom is 0.416 e. The number of benzene rings is 2. The smallest absolute Gasteiger partial charge is 0.416 e. The molecule has 0 unspecified atom stereocenters. The number of anilines is 1. The van der Waals surface area contributed by atoms with E-state index in [1.54, 1.807) is 31.2 Å². The van der Waals surface area contributed by atoms with Crippen molar-refractivity contribution < 1.29 is 37.1 Å². The van der Waals surface area contributed by atoms with E-state index in [1.165, 1.54) is 0 Å². The fraction of sp³-hybridized carbons (Fsp3) is 0.273. The molecule has 0 aliphatic carbocycles. The van der Waals surface area contributed by atoms with Gasteiger partial charge >= 0.3 is 12.1 Å². The maximum absolute atomic E-state index is 12.8. The first-order valence-electron chi connectivity index (χ1n) is 9.96. The fourth-order valence-corrected chi connectivity index (χ4v) is 3.39. The molecule has 1 atom stereocenters. The third kappa shape index (κ3) is 6.04. The first-order valence-corrected chi connectivity index (χ1v) is 10.3. The van der Waals surface area contributed by atoms with Crippen molar-refractivity contribution >= 4 is 41.0 Å². The molecule has 3 amide bonds. The lowest BCUT2D eigenvalue weighted by Gasteiger charge is -2.18. The summed E-state index contributed by atoms with van der Waals surface area (Å²) in [7, 11) is 0. The number of esters is 1. The van der Waals surface area contributed by atoms with Crippen LogP contribution in [0.15, 0.2) is 42.5 Å². The molecule has 2 aromatic rings. The van der Waals surface area contributed by atoms with E-state index in [-0.39, 0.29) is 23.7 Å². The molecule has 2 N–H and O–H groups in total. The first kappa shape index (κ1) is 25.0. The van der Waals surface area contributed by atoms with Gasteiger partial charge in [0.1, 0.15) is 0 Å². The molecule has 12 heteroatoms. The molecular formula is C22H19ClF3N3O5. The van der Waals surface area contributed by atoms with Crippen LogP contribution < -0.4 is 10.7 Å². The Kier molecular flexibility index (Phi) is 7.45. The number of rotatable bonds is 6. The number of hydrogen-bond acceptors (Lipinski definition) is 5. The third-order valence-electron chi connectivity index (χ3n) is 5.00. The van der Waals surface area contributed by atoms with Crippen LogP contribution in [0.5, 0.6) is 0 Å². The lowest BCUT2D eigenvalue weighted by Crippen LogP contribution is -2.43.